The predicted molar refractivity (Wildman–Crippen MR) is 91.8 cm³/mol. The third-order valence-corrected chi connectivity index (χ3v) is 5.39. The Labute approximate surface area is 141 Å². The Bertz CT molecular complexity index is 625. The molecule has 0 radical (unpaired) electrons. The van der Waals surface area contributed by atoms with Gasteiger partial charge in [0.2, 0.25) is 0 Å². The van der Waals surface area contributed by atoms with E-state index in [1.807, 2.05) is 24.3 Å². The van der Waals surface area contributed by atoms with E-state index in [4.69, 9.17) is 4.74 Å². The summed E-state index contributed by atoms with van der Waals surface area (Å²) in [4.78, 5) is 15.0. The van der Waals surface area contributed by atoms with Crippen LogP contribution in [0.2, 0.25) is 0 Å². The first-order valence-corrected chi connectivity index (χ1v) is 8.92. The van der Waals surface area contributed by atoms with Gasteiger partial charge in [0.1, 0.15) is 11.8 Å². The molecule has 0 bridgehead atoms. The lowest BCUT2D eigenvalue weighted by Gasteiger charge is -2.20. The highest BCUT2D eigenvalue weighted by Gasteiger charge is 2.32. The van der Waals surface area contributed by atoms with Gasteiger partial charge in [-0.1, -0.05) is 18.2 Å². The quantitative estimate of drug-likeness (QED) is 0.847. The van der Waals surface area contributed by atoms with Crippen LogP contribution in [0.4, 0.5) is 0 Å². The van der Waals surface area contributed by atoms with Crippen LogP contribution in [0, 0.1) is 0 Å². The molecule has 1 aliphatic heterocycles. The van der Waals surface area contributed by atoms with Crippen LogP contribution in [0.3, 0.4) is 0 Å². The van der Waals surface area contributed by atoms with Crippen LogP contribution in [-0.4, -0.2) is 26.1 Å². The van der Waals surface area contributed by atoms with Crippen molar-refractivity contribution in [2.45, 2.75) is 25.4 Å². The van der Waals surface area contributed by atoms with Crippen molar-refractivity contribution in [3.63, 3.8) is 0 Å². The van der Waals surface area contributed by atoms with Gasteiger partial charge in [0, 0.05) is 19.4 Å². The van der Waals surface area contributed by atoms with Crippen LogP contribution in [0.5, 0.6) is 5.75 Å². The van der Waals surface area contributed by atoms with Crippen molar-refractivity contribution in [3.8, 4) is 5.75 Å². The Balaban J connectivity index is 1.50. The second kappa shape index (κ2) is 7.62. The van der Waals surface area contributed by atoms with Crippen LogP contribution in [0.1, 0.15) is 29.3 Å². The van der Waals surface area contributed by atoms with Crippen molar-refractivity contribution in [2.75, 3.05) is 20.2 Å². The molecule has 2 aromatic rings. The van der Waals surface area contributed by atoms with Gasteiger partial charge in [0.25, 0.3) is 5.91 Å². The molecule has 1 saturated heterocycles. The van der Waals surface area contributed by atoms with Gasteiger partial charge in [-0.2, -0.15) is 0 Å². The molecule has 3 rings (SSSR count). The second-order valence-corrected chi connectivity index (χ2v) is 6.90. The number of rotatable bonds is 6. The van der Waals surface area contributed by atoms with E-state index in [1.165, 1.54) is 22.6 Å². The van der Waals surface area contributed by atoms with E-state index in [9.17, 15) is 4.79 Å². The second-order valence-electron chi connectivity index (χ2n) is 5.92. The van der Waals surface area contributed by atoms with Crippen molar-refractivity contribution in [3.05, 3.63) is 52.2 Å². The van der Waals surface area contributed by atoms with Crippen LogP contribution >= 0.6 is 11.3 Å². The van der Waals surface area contributed by atoms with Crippen molar-refractivity contribution in [2.24, 2.45) is 0 Å². The van der Waals surface area contributed by atoms with Crippen molar-refractivity contribution < 1.29 is 14.4 Å². The van der Waals surface area contributed by atoms with Crippen LogP contribution in [0.25, 0.3) is 0 Å². The van der Waals surface area contributed by atoms with Crippen LogP contribution in [0.15, 0.2) is 41.8 Å². The van der Waals surface area contributed by atoms with E-state index in [2.05, 4.69) is 22.8 Å². The van der Waals surface area contributed by atoms with E-state index in [0.717, 1.165) is 17.9 Å². The summed E-state index contributed by atoms with van der Waals surface area (Å²) in [5, 5.41) is 5.15. The summed E-state index contributed by atoms with van der Waals surface area (Å²) in [5.41, 5.74) is 1.09. The normalized spacial score (nSPS) is 20.4. The lowest BCUT2D eigenvalue weighted by Crippen LogP contribution is -3.11. The Hall–Kier alpha value is -1.85. The lowest BCUT2D eigenvalue weighted by atomic mass is 10.2. The Morgan fingerprint density at radius 2 is 2.17 bits per heavy atom. The van der Waals surface area contributed by atoms with Crippen molar-refractivity contribution in [1.29, 1.82) is 0 Å². The van der Waals surface area contributed by atoms with Gasteiger partial charge in [0.15, 0.2) is 6.54 Å². The summed E-state index contributed by atoms with van der Waals surface area (Å²) >= 11 is 1.80. The minimum Gasteiger partial charge on any atom is -0.497 e. The maximum Gasteiger partial charge on any atom is 0.275 e. The third kappa shape index (κ3) is 4.12. The molecule has 122 valence electrons. The summed E-state index contributed by atoms with van der Waals surface area (Å²) in [6.45, 7) is 2.21. The number of carbonyl (C=O) groups is 1. The molecule has 2 atom stereocenters. The maximum absolute atomic E-state index is 12.3. The molecule has 0 aliphatic carbocycles. The monoisotopic (exact) mass is 331 g/mol. The number of likely N-dealkylation sites (tertiary alicyclic amines) is 1. The average Bonchev–Trinajstić information content (AvgIpc) is 3.24. The topological polar surface area (TPSA) is 42.8 Å². The van der Waals surface area contributed by atoms with Crippen molar-refractivity contribution >= 4 is 17.2 Å². The smallest absolute Gasteiger partial charge is 0.275 e. The molecule has 1 fully saturated rings. The zero-order valence-corrected chi connectivity index (χ0v) is 14.2. The number of methoxy groups -OCH3 is 1. The highest BCUT2D eigenvalue weighted by Crippen LogP contribution is 2.23. The van der Waals surface area contributed by atoms with Gasteiger partial charge in [0.05, 0.1) is 18.5 Å². The molecule has 1 amide bonds. The maximum atomic E-state index is 12.3. The summed E-state index contributed by atoms with van der Waals surface area (Å²) in [6.07, 6.45) is 2.38. The summed E-state index contributed by atoms with van der Waals surface area (Å²) in [7, 11) is 1.65. The lowest BCUT2D eigenvalue weighted by molar-refractivity contribution is -0.910. The molecule has 4 nitrogen and oxygen atoms in total. The fourth-order valence-corrected chi connectivity index (χ4v) is 4.09. The molecule has 0 spiro atoms. The fourth-order valence-electron chi connectivity index (χ4n) is 3.17. The van der Waals surface area contributed by atoms with Crippen LogP contribution < -0.4 is 15.0 Å². The highest BCUT2D eigenvalue weighted by atomic mass is 32.1. The summed E-state index contributed by atoms with van der Waals surface area (Å²) in [6, 6.07) is 12.6. The number of thiophene rings is 1. The molecule has 1 unspecified atom stereocenters. The molecule has 1 aliphatic rings. The minimum absolute atomic E-state index is 0.124. The van der Waals surface area contributed by atoms with Gasteiger partial charge in [-0.05, 0) is 29.1 Å². The van der Waals surface area contributed by atoms with Gasteiger partial charge in [-0.15, -0.1) is 11.3 Å². The summed E-state index contributed by atoms with van der Waals surface area (Å²) < 4.78 is 5.14. The molecule has 23 heavy (non-hydrogen) atoms. The van der Waals surface area contributed by atoms with Gasteiger partial charge < -0.3 is 15.0 Å². The molecule has 1 aromatic heterocycles. The molecule has 1 aromatic carbocycles. The zero-order valence-electron chi connectivity index (χ0n) is 13.4. The molecule has 2 N–H and O–H groups in total. The van der Waals surface area contributed by atoms with Gasteiger partial charge >= 0.3 is 0 Å². The van der Waals surface area contributed by atoms with Gasteiger partial charge in [-0.3, -0.25) is 4.79 Å². The number of hydrogen-bond donors (Lipinski definition) is 2. The predicted octanol–water partition coefficient (Wildman–Crippen LogP) is 1.79. The molecule has 2 heterocycles. The Morgan fingerprint density at radius 3 is 2.87 bits per heavy atom. The highest BCUT2D eigenvalue weighted by molar-refractivity contribution is 7.10. The number of hydrogen-bond acceptors (Lipinski definition) is 3. The average molecular weight is 331 g/mol. The number of amides is 1. The van der Waals surface area contributed by atoms with E-state index < -0.39 is 0 Å². The minimum atomic E-state index is 0.124. The number of nitrogens with one attached hydrogen (secondary N) is 2. The number of benzene rings is 1. The molecular formula is C18H23N2O2S+. The first kappa shape index (κ1) is 16.0. The molecule has 5 heteroatoms. The Kier molecular flexibility index (Phi) is 5.31. The standard InChI is InChI=1S/C18H22N2O2S/c1-22-15-8-6-14(7-9-15)12-19-18(21)13-20-10-2-4-16(20)17-5-3-11-23-17/h3,5-9,11,16H,2,4,10,12-13H2,1H3,(H,19,21)/p+1/t16-/m1/s1. The van der Waals surface area contributed by atoms with Crippen LogP contribution in [-0.2, 0) is 11.3 Å². The third-order valence-electron chi connectivity index (χ3n) is 4.41. The number of quaternary nitrogens is 1. The Morgan fingerprint density at radius 1 is 1.35 bits per heavy atom. The first-order chi connectivity index (χ1) is 11.3. The SMILES string of the molecule is COc1ccc(CNC(=O)C[NH+]2CCC[C@@H]2c2cccs2)cc1. The van der Waals surface area contributed by atoms with E-state index in [1.54, 1.807) is 18.4 Å². The number of carbonyl (C=O) groups excluding carboxylic acids is 1. The summed E-state index contributed by atoms with van der Waals surface area (Å²) in [5.74, 6) is 0.958. The van der Waals surface area contributed by atoms with E-state index in [0.29, 0.717) is 19.1 Å². The van der Waals surface area contributed by atoms with E-state index in [-0.39, 0.29) is 5.91 Å². The first-order valence-electron chi connectivity index (χ1n) is 8.04. The largest absolute Gasteiger partial charge is 0.497 e. The molecule has 0 saturated carbocycles. The molecular weight excluding hydrogens is 308 g/mol. The van der Waals surface area contributed by atoms with Crippen molar-refractivity contribution in [1.82, 2.24) is 5.32 Å². The fraction of sp³-hybridized carbons (Fsp3) is 0.389. The van der Waals surface area contributed by atoms with Gasteiger partial charge in [-0.25, -0.2) is 0 Å². The zero-order chi connectivity index (χ0) is 16.1. The number of ether oxygens (including phenoxy) is 1. The van der Waals surface area contributed by atoms with E-state index >= 15 is 0 Å².